The predicted molar refractivity (Wildman–Crippen MR) is 112 cm³/mol. The fourth-order valence-electron chi connectivity index (χ4n) is 4.39. The van der Waals surface area contributed by atoms with E-state index in [0.717, 1.165) is 57.7 Å². The second kappa shape index (κ2) is 10.1. The number of nitrogens with zero attached hydrogens (tertiary/aromatic N) is 4. The highest BCUT2D eigenvalue weighted by Gasteiger charge is 2.31. The number of rotatable bonds is 6. The molecule has 1 N–H and O–H groups in total. The molecule has 0 aromatic carbocycles. The molecule has 162 valence electrons. The van der Waals surface area contributed by atoms with Crippen molar-refractivity contribution >= 4 is 17.8 Å². The van der Waals surface area contributed by atoms with Crippen molar-refractivity contribution in [3.63, 3.8) is 0 Å². The number of amides is 2. The number of aromatic nitrogens is 2. The van der Waals surface area contributed by atoms with E-state index in [1.54, 1.807) is 6.20 Å². The van der Waals surface area contributed by atoms with Crippen LogP contribution in [0.5, 0.6) is 0 Å². The van der Waals surface area contributed by atoms with Gasteiger partial charge in [-0.25, -0.2) is 9.48 Å². The molecule has 29 heavy (non-hydrogen) atoms. The number of piperidine rings is 2. The zero-order valence-corrected chi connectivity index (χ0v) is 18.0. The molecule has 0 radical (unpaired) electrons. The fourth-order valence-corrected chi connectivity index (χ4v) is 4.39. The van der Waals surface area contributed by atoms with Crippen LogP contribution in [0.3, 0.4) is 0 Å². The third kappa shape index (κ3) is 5.72. The van der Waals surface area contributed by atoms with Crippen molar-refractivity contribution in [1.82, 2.24) is 19.6 Å². The third-order valence-corrected chi connectivity index (χ3v) is 5.88. The average molecular weight is 406 g/mol. The summed E-state index contributed by atoms with van der Waals surface area (Å²) in [4.78, 5) is 28.4. The fraction of sp³-hybridized carbons (Fsp3) is 0.762. The van der Waals surface area contributed by atoms with Gasteiger partial charge < -0.3 is 19.9 Å². The lowest BCUT2D eigenvalue weighted by atomic mass is 9.98. The number of carbonyl (C=O) groups excluding carboxylic acids is 2. The van der Waals surface area contributed by atoms with Crippen LogP contribution in [0.4, 0.5) is 10.6 Å². The number of likely N-dealkylation sites (tertiary alicyclic amines) is 2. The summed E-state index contributed by atoms with van der Waals surface area (Å²) >= 11 is 0. The molecular formula is C21H35N5O3. The number of hydrogen-bond donors (Lipinski definition) is 1. The number of nitrogens with one attached hydrogen (secondary N) is 1. The Kier molecular flexibility index (Phi) is 7.52. The quantitative estimate of drug-likeness (QED) is 0.787. The van der Waals surface area contributed by atoms with Crippen molar-refractivity contribution in [2.24, 2.45) is 5.92 Å². The molecule has 0 unspecified atom stereocenters. The van der Waals surface area contributed by atoms with Crippen molar-refractivity contribution in [1.29, 1.82) is 0 Å². The summed E-state index contributed by atoms with van der Waals surface area (Å²) in [6, 6.07) is 2.73. The van der Waals surface area contributed by atoms with Gasteiger partial charge in [0.15, 0.2) is 0 Å². The molecule has 0 atom stereocenters. The lowest BCUT2D eigenvalue weighted by Gasteiger charge is -2.41. The Balaban J connectivity index is 1.47. The Morgan fingerprint density at radius 3 is 2.41 bits per heavy atom. The van der Waals surface area contributed by atoms with Gasteiger partial charge in [0.05, 0.1) is 18.8 Å². The summed E-state index contributed by atoms with van der Waals surface area (Å²) in [6.45, 7) is 9.95. The first-order chi connectivity index (χ1) is 14.0. The van der Waals surface area contributed by atoms with Gasteiger partial charge in [0, 0.05) is 44.7 Å². The molecular weight excluding hydrogens is 370 g/mol. The summed E-state index contributed by atoms with van der Waals surface area (Å²) in [5.74, 6) is 1.19. The minimum absolute atomic E-state index is 0.0487. The Morgan fingerprint density at radius 2 is 1.79 bits per heavy atom. The van der Waals surface area contributed by atoms with Crippen LogP contribution in [-0.2, 0) is 9.53 Å². The van der Waals surface area contributed by atoms with Crippen LogP contribution < -0.4 is 5.32 Å². The van der Waals surface area contributed by atoms with E-state index in [1.165, 1.54) is 0 Å². The van der Waals surface area contributed by atoms with E-state index in [-0.39, 0.29) is 12.0 Å². The monoisotopic (exact) mass is 405 g/mol. The maximum Gasteiger partial charge on any atom is 0.409 e. The summed E-state index contributed by atoms with van der Waals surface area (Å²) < 4.78 is 7.10. The standard InChI is InChI=1S/C21H35N5O3/c1-4-29-21(28)25-13-6-17(7-14-25)24-11-8-18(9-12-24)26-19(5-10-22-26)23-20(27)15-16(2)3/h5,10,16-18H,4,6-9,11-15H2,1-3H3,(H,23,27). The average Bonchev–Trinajstić information content (AvgIpc) is 3.15. The highest BCUT2D eigenvalue weighted by molar-refractivity contribution is 5.89. The van der Waals surface area contributed by atoms with Crippen LogP contribution in [0.1, 0.15) is 58.9 Å². The van der Waals surface area contributed by atoms with Crippen LogP contribution >= 0.6 is 0 Å². The number of hydrogen-bond acceptors (Lipinski definition) is 5. The van der Waals surface area contributed by atoms with E-state index in [1.807, 2.05) is 36.4 Å². The van der Waals surface area contributed by atoms with E-state index in [9.17, 15) is 9.59 Å². The molecule has 2 fully saturated rings. The first kappa shape index (κ1) is 21.6. The molecule has 3 rings (SSSR count). The Bertz CT molecular complexity index is 674. The van der Waals surface area contributed by atoms with Crippen LogP contribution in [0, 0.1) is 5.92 Å². The molecule has 3 heterocycles. The highest BCUT2D eigenvalue weighted by Crippen LogP contribution is 2.28. The molecule has 1 aromatic rings. The van der Waals surface area contributed by atoms with Crippen LogP contribution in [0.2, 0.25) is 0 Å². The van der Waals surface area contributed by atoms with Crippen molar-refractivity contribution < 1.29 is 14.3 Å². The van der Waals surface area contributed by atoms with Crippen LogP contribution in [-0.4, -0.2) is 70.4 Å². The van der Waals surface area contributed by atoms with Gasteiger partial charge in [-0.3, -0.25) is 4.79 Å². The van der Waals surface area contributed by atoms with Gasteiger partial charge in [0.25, 0.3) is 0 Å². The van der Waals surface area contributed by atoms with E-state index in [4.69, 9.17) is 4.74 Å². The van der Waals surface area contributed by atoms with E-state index >= 15 is 0 Å². The first-order valence-electron chi connectivity index (χ1n) is 11.0. The highest BCUT2D eigenvalue weighted by atomic mass is 16.6. The topological polar surface area (TPSA) is 79.7 Å². The van der Waals surface area contributed by atoms with Crippen molar-refractivity contribution in [3.05, 3.63) is 12.3 Å². The molecule has 0 bridgehead atoms. The normalized spacial score (nSPS) is 19.5. The van der Waals surface area contributed by atoms with E-state index in [2.05, 4.69) is 15.3 Å². The van der Waals surface area contributed by atoms with E-state index < -0.39 is 0 Å². The summed E-state index contributed by atoms with van der Waals surface area (Å²) in [5, 5.41) is 7.50. The van der Waals surface area contributed by atoms with Gasteiger partial charge in [-0.1, -0.05) is 13.8 Å². The molecule has 0 saturated carbocycles. The van der Waals surface area contributed by atoms with Gasteiger partial charge in [-0.2, -0.15) is 5.10 Å². The first-order valence-corrected chi connectivity index (χ1v) is 11.0. The zero-order chi connectivity index (χ0) is 20.8. The summed E-state index contributed by atoms with van der Waals surface area (Å²) in [5.41, 5.74) is 0. The second-order valence-corrected chi connectivity index (χ2v) is 8.49. The zero-order valence-electron chi connectivity index (χ0n) is 18.0. The van der Waals surface area contributed by atoms with Gasteiger partial charge in [0.2, 0.25) is 5.91 Å². The Morgan fingerprint density at radius 1 is 1.14 bits per heavy atom. The molecule has 1 aromatic heterocycles. The largest absolute Gasteiger partial charge is 0.450 e. The van der Waals surface area contributed by atoms with Crippen molar-refractivity contribution in [3.8, 4) is 0 Å². The number of ether oxygens (including phenoxy) is 1. The molecule has 2 saturated heterocycles. The lowest BCUT2D eigenvalue weighted by Crippen LogP contribution is -2.49. The van der Waals surface area contributed by atoms with Crippen molar-refractivity contribution in [2.75, 3.05) is 38.1 Å². The maximum atomic E-state index is 12.1. The number of anilines is 1. The van der Waals surface area contributed by atoms with Gasteiger partial charge >= 0.3 is 6.09 Å². The Labute approximate surface area is 173 Å². The predicted octanol–water partition coefficient (Wildman–Crippen LogP) is 3.13. The molecule has 0 spiro atoms. The minimum Gasteiger partial charge on any atom is -0.450 e. The molecule has 0 aliphatic carbocycles. The molecule has 2 aliphatic rings. The van der Waals surface area contributed by atoms with Gasteiger partial charge in [-0.05, 0) is 38.5 Å². The molecule has 2 amide bonds. The van der Waals surface area contributed by atoms with E-state index in [0.29, 0.717) is 31.0 Å². The third-order valence-electron chi connectivity index (χ3n) is 5.88. The smallest absolute Gasteiger partial charge is 0.409 e. The SMILES string of the molecule is CCOC(=O)N1CCC(N2CCC(n3nccc3NC(=O)CC(C)C)CC2)CC1. The molecule has 8 nitrogen and oxygen atoms in total. The maximum absolute atomic E-state index is 12.1. The van der Waals surface area contributed by atoms with Gasteiger partial charge in [-0.15, -0.1) is 0 Å². The van der Waals surface area contributed by atoms with Crippen LogP contribution in [0.15, 0.2) is 12.3 Å². The number of carbonyl (C=O) groups is 2. The summed E-state index contributed by atoms with van der Waals surface area (Å²) in [6.07, 6.45) is 6.15. The minimum atomic E-state index is -0.185. The lowest BCUT2D eigenvalue weighted by molar-refractivity contribution is -0.116. The van der Waals surface area contributed by atoms with Gasteiger partial charge in [0.1, 0.15) is 5.82 Å². The van der Waals surface area contributed by atoms with Crippen molar-refractivity contribution in [2.45, 2.75) is 65.0 Å². The molecule has 8 heteroatoms. The summed E-state index contributed by atoms with van der Waals surface area (Å²) in [7, 11) is 0. The van der Waals surface area contributed by atoms with Crippen LogP contribution in [0.25, 0.3) is 0 Å². The Hall–Kier alpha value is -2.09. The molecule has 2 aliphatic heterocycles. The second-order valence-electron chi connectivity index (χ2n) is 8.49.